The van der Waals surface area contributed by atoms with Crippen LogP contribution in [0.3, 0.4) is 0 Å². The van der Waals surface area contributed by atoms with Crippen molar-refractivity contribution in [2.75, 3.05) is 13.2 Å². The van der Waals surface area contributed by atoms with Gasteiger partial charge in [0.25, 0.3) is 0 Å². The fourth-order valence-corrected chi connectivity index (χ4v) is 1.76. The summed E-state index contributed by atoms with van der Waals surface area (Å²) in [6.45, 7) is 5.44. The molecule has 4 nitrogen and oxygen atoms in total. The smallest absolute Gasteiger partial charge is 0.163 e. The van der Waals surface area contributed by atoms with Crippen LogP contribution in [0.25, 0.3) is 0 Å². The predicted octanol–water partition coefficient (Wildman–Crippen LogP) is 1.68. The van der Waals surface area contributed by atoms with Gasteiger partial charge in [-0.3, -0.25) is 0 Å². The van der Waals surface area contributed by atoms with Crippen molar-refractivity contribution in [3.63, 3.8) is 0 Å². The molecular formula is C13H19NO3. The van der Waals surface area contributed by atoms with Crippen molar-refractivity contribution < 1.29 is 14.2 Å². The SMILES string of the molecule is CC1(C)OCC(COc2ccc(CN)cc2)O1. The molecule has 4 heteroatoms. The van der Waals surface area contributed by atoms with Crippen molar-refractivity contribution in [3.8, 4) is 5.75 Å². The highest BCUT2D eigenvalue weighted by molar-refractivity contribution is 5.27. The minimum absolute atomic E-state index is 0.000755. The van der Waals surface area contributed by atoms with E-state index in [1.807, 2.05) is 38.1 Å². The van der Waals surface area contributed by atoms with Crippen LogP contribution in [0.1, 0.15) is 19.4 Å². The Morgan fingerprint density at radius 2 is 2.06 bits per heavy atom. The van der Waals surface area contributed by atoms with Crippen LogP contribution in [-0.4, -0.2) is 25.1 Å². The topological polar surface area (TPSA) is 53.7 Å². The van der Waals surface area contributed by atoms with Gasteiger partial charge in [0.2, 0.25) is 0 Å². The van der Waals surface area contributed by atoms with Crippen LogP contribution < -0.4 is 10.5 Å². The first-order valence-corrected chi connectivity index (χ1v) is 5.83. The van der Waals surface area contributed by atoms with Crippen molar-refractivity contribution >= 4 is 0 Å². The van der Waals surface area contributed by atoms with E-state index < -0.39 is 5.79 Å². The molecule has 0 saturated carbocycles. The van der Waals surface area contributed by atoms with Crippen LogP contribution in [0.2, 0.25) is 0 Å². The van der Waals surface area contributed by atoms with E-state index in [1.54, 1.807) is 0 Å². The number of hydrogen-bond donors (Lipinski definition) is 1. The van der Waals surface area contributed by atoms with E-state index in [9.17, 15) is 0 Å². The second-order valence-corrected chi connectivity index (χ2v) is 4.61. The number of hydrogen-bond acceptors (Lipinski definition) is 4. The van der Waals surface area contributed by atoms with Gasteiger partial charge in [0.15, 0.2) is 5.79 Å². The Morgan fingerprint density at radius 3 is 2.59 bits per heavy atom. The van der Waals surface area contributed by atoms with E-state index in [2.05, 4.69) is 0 Å². The first-order chi connectivity index (χ1) is 8.09. The molecule has 2 N–H and O–H groups in total. The molecule has 0 bridgehead atoms. The molecule has 1 saturated heterocycles. The van der Waals surface area contributed by atoms with Crippen LogP contribution in [-0.2, 0) is 16.0 Å². The summed E-state index contributed by atoms with van der Waals surface area (Å²) in [4.78, 5) is 0. The third-order valence-corrected chi connectivity index (χ3v) is 2.66. The summed E-state index contributed by atoms with van der Waals surface area (Å²) in [5.41, 5.74) is 6.62. The maximum Gasteiger partial charge on any atom is 0.163 e. The van der Waals surface area contributed by atoms with Crippen LogP contribution in [0, 0.1) is 0 Å². The molecule has 1 fully saturated rings. The van der Waals surface area contributed by atoms with Crippen molar-refractivity contribution in [2.45, 2.75) is 32.3 Å². The fraction of sp³-hybridized carbons (Fsp3) is 0.538. The lowest BCUT2D eigenvalue weighted by Crippen LogP contribution is -2.25. The van der Waals surface area contributed by atoms with Crippen LogP contribution in [0.5, 0.6) is 5.75 Å². The maximum atomic E-state index is 5.65. The number of benzene rings is 1. The summed E-state index contributed by atoms with van der Waals surface area (Å²) in [5, 5.41) is 0. The minimum Gasteiger partial charge on any atom is -0.491 e. The standard InChI is InChI=1S/C13H19NO3/c1-13(2)16-9-12(17-13)8-15-11-5-3-10(7-14)4-6-11/h3-6,12H,7-9,14H2,1-2H3. The zero-order chi connectivity index (χ0) is 12.3. The lowest BCUT2D eigenvalue weighted by molar-refractivity contribution is -0.141. The highest BCUT2D eigenvalue weighted by atomic mass is 16.7. The molecule has 0 aliphatic carbocycles. The lowest BCUT2D eigenvalue weighted by Gasteiger charge is -2.17. The van der Waals surface area contributed by atoms with Crippen LogP contribution in [0.15, 0.2) is 24.3 Å². The first-order valence-electron chi connectivity index (χ1n) is 5.83. The molecule has 0 amide bonds. The quantitative estimate of drug-likeness (QED) is 0.865. The van der Waals surface area contributed by atoms with Crippen LogP contribution >= 0.6 is 0 Å². The number of nitrogens with two attached hydrogens (primary N) is 1. The van der Waals surface area contributed by atoms with Gasteiger partial charge in [-0.1, -0.05) is 12.1 Å². The van der Waals surface area contributed by atoms with Crippen molar-refractivity contribution in [2.24, 2.45) is 5.73 Å². The third-order valence-electron chi connectivity index (χ3n) is 2.66. The lowest BCUT2D eigenvalue weighted by atomic mass is 10.2. The molecule has 1 heterocycles. The Kier molecular flexibility index (Phi) is 3.66. The fourth-order valence-electron chi connectivity index (χ4n) is 1.76. The Balaban J connectivity index is 1.82. The van der Waals surface area contributed by atoms with Gasteiger partial charge >= 0.3 is 0 Å². The molecule has 0 spiro atoms. The summed E-state index contributed by atoms with van der Waals surface area (Å²) >= 11 is 0. The molecule has 94 valence electrons. The molecule has 2 rings (SSSR count). The number of ether oxygens (including phenoxy) is 3. The summed E-state index contributed by atoms with van der Waals surface area (Å²) in [7, 11) is 0. The molecule has 1 atom stereocenters. The third kappa shape index (κ3) is 3.43. The summed E-state index contributed by atoms with van der Waals surface area (Å²) in [5.74, 6) is 0.341. The van der Waals surface area contributed by atoms with Gasteiger partial charge in [-0.05, 0) is 31.5 Å². The Labute approximate surface area is 102 Å². The van der Waals surface area contributed by atoms with E-state index in [4.69, 9.17) is 19.9 Å². The largest absolute Gasteiger partial charge is 0.491 e. The van der Waals surface area contributed by atoms with Crippen molar-refractivity contribution in [3.05, 3.63) is 29.8 Å². The maximum absolute atomic E-state index is 5.65. The van der Waals surface area contributed by atoms with Gasteiger partial charge < -0.3 is 19.9 Å². The van der Waals surface area contributed by atoms with Gasteiger partial charge in [-0.25, -0.2) is 0 Å². The Bertz CT molecular complexity index is 361. The van der Waals surface area contributed by atoms with E-state index in [0.717, 1.165) is 11.3 Å². The minimum atomic E-state index is -0.489. The molecule has 0 aromatic heterocycles. The molecule has 1 aromatic rings. The van der Waals surface area contributed by atoms with Gasteiger partial charge in [0.05, 0.1) is 6.61 Å². The van der Waals surface area contributed by atoms with Gasteiger partial charge in [-0.2, -0.15) is 0 Å². The van der Waals surface area contributed by atoms with Gasteiger partial charge in [0, 0.05) is 6.54 Å². The summed E-state index contributed by atoms with van der Waals surface area (Å²) < 4.78 is 16.7. The van der Waals surface area contributed by atoms with Crippen molar-refractivity contribution in [1.82, 2.24) is 0 Å². The van der Waals surface area contributed by atoms with E-state index in [-0.39, 0.29) is 6.10 Å². The molecule has 1 aromatic carbocycles. The monoisotopic (exact) mass is 237 g/mol. The van der Waals surface area contributed by atoms with Crippen molar-refractivity contribution in [1.29, 1.82) is 0 Å². The molecule has 1 aliphatic heterocycles. The normalized spacial score (nSPS) is 22.6. The first kappa shape index (κ1) is 12.4. The molecule has 0 radical (unpaired) electrons. The average molecular weight is 237 g/mol. The van der Waals surface area contributed by atoms with Gasteiger partial charge in [-0.15, -0.1) is 0 Å². The molecular weight excluding hydrogens is 218 g/mol. The van der Waals surface area contributed by atoms with Crippen LogP contribution in [0.4, 0.5) is 0 Å². The average Bonchev–Trinajstić information content (AvgIpc) is 2.67. The predicted molar refractivity (Wildman–Crippen MR) is 64.7 cm³/mol. The second kappa shape index (κ2) is 5.04. The van der Waals surface area contributed by atoms with Gasteiger partial charge in [0.1, 0.15) is 18.5 Å². The molecule has 1 aliphatic rings. The highest BCUT2D eigenvalue weighted by Gasteiger charge is 2.32. The summed E-state index contributed by atoms with van der Waals surface area (Å²) in [6, 6.07) is 7.77. The summed E-state index contributed by atoms with van der Waals surface area (Å²) in [6.07, 6.45) is -0.000755. The number of rotatable bonds is 4. The Morgan fingerprint density at radius 1 is 1.35 bits per heavy atom. The molecule has 17 heavy (non-hydrogen) atoms. The second-order valence-electron chi connectivity index (χ2n) is 4.61. The zero-order valence-corrected chi connectivity index (χ0v) is 10.3. The van der Waals surface area contributed by atoms with E-state index >= 15 is 0 Å². The zero-order valence-electron chi connectivity index (χ0n) is 10.3. The molecule has 1 unspecified atom stereocenters. The Hall–Kier alpha value is -1.10. The highest BCUT2D eigenvalue weighted by Crippen LogP contribution is 2.23. The van der Waals surface area contributed by atoms with E-state index in [1.165, 1.54) is 0 Å². The van der Waals surface area contributed by atoms with E-state index in [0.29, 0.717) is 19.8 Å².